The minimum absolute atomic E-state index is 0.577. The zero-order valence-corrected chi connectivity index (χ0v) is 20.4. The Morgan fingerprint density at radius 3 is 2.43 bits per heavy atom. The van der Waals surface area contributed by atoms with Crippen LogP contribution < -0.4 is 5.32 Å². The lowest BCUT2D eigenvalue weighted by Crippen LogP contribution is -2.35. The van der Waals surface area contributed by atoms with Gasteiger partial charge in [0.2, 0.25) is 0 Å². The quantitative estimate of drug-likeness (QED) is 0.344. The molecule has 0 spiro atoms. The van der Waals surface area contributed by atoms with Gasteiger partial charge in [-0.3, -0.25) is 4.40 Å². The summed E-state index contributed by atoms with van der Waals surface area (Å²) in [6.07, 6.45) is 9.45. The Labute approximate surface area is 207 Å². The normalized spacial score (nSPS) is 15.4. The van der Waals surface area contributed by atoms with Crippen LogP contribution in [0.3, 0.4) is 0 Å². The molecule has 2 aliphatic carbocycles. The number of imidazole rings is 1. The molecule has 2 saturated carbocycles. The van der Waals surface area contributed by atoms with E-state index in [1.54, 1.807) is 0 Å². The summed E-state index contributed by atoms with van der Waals surface area (Å²) in [5.74, 6) is 0. The summed E-state index contributed by atoms with van der Waals surface area (Å²) in [6.45, 7) is 4.26. The number of fused-ring (bicyclic) bond motifs is 1. The summed E-state index contributed by atoms with van der Waals surface area (Å²) in [5.41, 5.74) is 11.9. The van der Waals surface area contributed by atoms with Gasteiger partial charge in [-0.15, -0.1) is 0 Å². The summed E-state index contributed by atoms with van der Waals surface area (Å²) >= 11 is 0. The lowest BCUT2D eigenvalue weighted by atomic mass is 9.86. The Morgan fingerprint density at radius 2 is 1.77 bits per heavy atom. The monoisotopic (exact) mass is 458 g/mol. The second-order valence-electron chi connectivity index (χ2n) is 10.0. The van der Waals surface area contributed by atoms with Crippen molar-refractivity contribution < 1.29 is 0 Å². The van der Waals surface area contributed by atoms with Crippen molar-refractivity contribution >= 4 is 11.3 Å². The Kier molecular flexibility index (Phi) is 5.41. The van der Waals surface area contributed by atoms with Gasteiger partial charge in [-0.1, -0.05) is 48.0 Å². The Hall–Kier alpha value is -3.84. The largest absolute Gasteiger partial charge is 0.382 e. The van der Waals surface area contributed by atoms with Crippen LogP contribution in [-0.2, 0) is 0 Å². The maximum Gasteiger partial charge on any atom is 0.152 e. The average molecular weight is 459 g/mol. The first-order valence-corrected chi connectivity index (χ1v) is 12.7. The number of benzene rings is 2. The van der Waals surface area contributed by atoms with Crippen LogP contribution in [0.15, 0.2) is 66.4 Å². The lowest BCUT2D eigenvalue weighted by molar-refractivity contribution is 0.376. The third-order valence-electron chi connectivity index (χ3n) is 7.64. The molecule has 2 aromatic heterocycles. The molecule has 0 radical (unpaired) electrons. The molecule has 2 aliphatic rings. The second kappa shape index (κ2) is 8.74. The number of hydrogen-bond donors (Lipinski definition) is 1. The minimum Gasteiger partial charge on any atom is -0.382 e. The molecule has 2 fully saturated rings. The summed E-state index contributed by atoms with van der Waals surface area (Å²) in [6, 6.07) is 22.1. The predicted octanol–water partition coefficient (Wildman–Crippen LogP) is 7.19. The number of nitrogens with one attached hydrogen (secondary N) is 1. The van der Waals surface area contributed by atoms with Crippen molar-refractivity contribution in [3.05, 3.63) is 88.8 Å². The molecule has 4 aromatic rings. The maximum atomic E-state index is 10.2. The molecule has 174 valence electrons. The second-order valence-corrected chi connectivity index (χ2v) is 10.0. The van der Waals surface area contributed by atoms with Crippen molar-refractivity contribution in [1.82, 2.24) is 14.7 Å². The molecule has 1 N–H and O–H groups in total. The van der Waals surface area contributed by atoms with Crippen molar-refractivity contribution in [2.75, 3.05) is 0 Å². The van der Waals surface area contributed by atoms with E-state index < -0.39 is 0 Å². The Morgan fingerprint density at radius 1 is 0.971 bits per heavy atom. The van der Waals surface area contributed by atoms with Crippen LogP contribution in [0.4, 0.5) is 0 Å². The van der Waals surface area contributed by atoms with Crippen molar-refractivity contribution in [3.63, 3.8) is 0 Å². The minimum atomic E-state index is 0.577. The smallest absolute Gasteiger partial charge is 0.152 e. The van der Waals surface area contributed by atoms with Gasteiger partial charge in [-0.25, -0.2) is 4.98 Å². The van der Waals surface area contributed by atoms with E-state index in [2.05, 4.69) is 73.8 Å². The molecular formula is C31H30N4. The molecule has 0 atom stereocenters. The number of pyridine rings is 1. The highest BCUT2D eigenvalue weighted by Crippen LogP contribution is 2.37. The Balaban J connectivity index is 1.48. The van der Waals surface area contributed by atoms with Crippen LogP contribution in [0.2, 0.25) is 0 Å². The zero-order valence-electron chi connectivity index (χ0n) is 20.4. The van der Waals surface area contributed by atoms with Gasteiger partial charge in [0.15, 0.2) is 5.69 Å². The molecular weight excluding hydrogens is 428 g/mol. The van der Waals surface area contributed by atoms with Crippen LogP contribution in [0.1, 0.15) is 60.9 Å². The first kappa shape index (κ1) is 21.7. The van der Waals surface area contributed by atoms with Gasteiger partial charge in [0.05, 0.1) is 0 Å². The molecule has 35 heavy (non-hydrogen) atoms. The van der Waals surface area contributed by atoms with Gasteiger partial charge in [0.25, 0.3) is 0 Å². The highest BCUT2D eigenvalue weighted by Gasteiger charge is 2.24. The van der Waals surface area contributed by atoms with Crippen LogP contribution in [0.25, 0.3) is 33.7 Å². The highest BCUT2D eigenvalue weighted by atomic mass is 15.0. The Bertz CT molecular complexity index is 1510. The topological polar surface area (TPSA) is 53.1 Å². The summed E-state index contributed by atoms with van der Waals surface area (Å²) in [7, 11) is 0. The molecule has 6 rings (SSSR count). The fourth-order valence-electron chi connectivity index (χ4n) is 5.28. The van der Waals surface area contributed by atoms with E-state index in [-0.39, 0.29) is 0 Å². The van der Waals surface area contributed by atoms with E-state index in [1.807, 2.05) is 16.7 Å². The lowest BCUT2D eigenvalue weighted by Gasteiger charge is -2.32. The van der Waals surface area contributed by atoms with Gasteiger partial charge in [0.1, 0.15) is 17.4 Å². The van der Waals surface area contributed by atoms with Gasteiger partial charge < -0.3 is 5.32 Å². The number of aromatic nitrogens is 2. The maximum absolute atomic E-state index is 10.2. The van der Waals surface area contributed by atoms with Gasteiger partial charge in [0, 0.05) is 29.1 Å². The van der Waals surface area contributed by atoms with Gasteiger partial charge >= 0.3 is 0 Å². The third-order valence-corrected chi connectivity index (χ3v) is 7.64. The molecule has 2 aromatic carbocycles. The van der Waals surface area contributed by atoms with Crippen molar-refractivity contribution in [1.29, 1.82) is 5.26 Å². The summed E-state index contributed by atoms with van der Waals surface area (Å²) in [4.78, 5) is 5.04. The molecule has 0 saturated heterocycles. The fourth-order valence-corrected chi connectivity index (χ4v) is 5.28. The fraction of sp³-hybridized carbons (Fsp3) is 0.290. The van der Waals surface area contributed by atoms with Crippen LogP contribution in [0, 0.1) is 25.2 Å². The predicted molar refractivity (Wildman–Crippen MR) is 142 cm³/mol. The summed E-state index contributed by atoms with van der Waals surface area (Å²) < 4.78 is 1.93. The molecule has 0 bridgehead atoms. The number of rotatable bonds is 5. The van der Waals surface area contributed by atoms with E-state index in [1.165, 1.54) is 72.0 Å². The summed E-state index contributed by atoms with van der Waals surface area (Å²) in [5, 5.41) is 14.0. The number of hydrogen-bond acceptors (Lipinski definition) is 3. The van der Waals surface area contributed by atoms with Crippen molar-refractivity contribution in [3.8, 4) is 28.5 Å². The first-order chi connectivity index (χ1) is 17.1. The van der Waals surface area contributed by atoms with Crippen LogP contribution >= 0.6 is 0 Å². The van der Waals surface area contributed by atoms with Crippen molar-refractivity contribution in [2.45, 2.75) is 58.4 Å². The third kappa shape index (κ3) is 3.82. The van der Waals surface area contributed by atoms with E-state index >= 15 is 0 Å². The number of aryl methyl sites for hydroxylation is 2. The first-order valence-electron chi connectivity index (χ1n) is 12.7. The average Bonchev–Trinajstić information content (AvgIpc) is 3.17. The molecule has 0 unspecified atom stereocenters. The van der Waals surface area contributed by atoms with Crippen LogP contribution in [0.5, 0.6) is 0 Å². The van der Waals surface area contributed by atoms with Gasteiger partial charge in [-0.05, 0) is 86.8 Å². The van der Waals surface area contributed by atoms with Crippen LogP contribution in [-0.4, -0.2) is 15.4 Å². The van der Waals surface area contributed by atoms with E-state index in [4.69, 9.17) is 4.98 Å². The number of allylic oxidation sites excluding steroid dienone is 1. The van der Waals surface area contributed by atoms with Crippen molar-refractivity contribution in [2.24, 2.45) is 0 Å². The van der Waals surface area contributed by atoms with E-state index in [0.717, 1.165) is 22.5 Å². The SMILES string of the molecule is Cc1ccc(-c2ccccc2-c2nc3cc(C(NC4CCC4)=C4CCC4)ccn3c2C#N)c(C)c1. The van der Waals surface area contributed by atoms with E-state index in [0.29, 0.717) is 11.7 Å². The van der Waals surface area contributed by atoms with Gasteiger partial charge in [-0.2, -0.15) is 5.26 Å². The number of nitriles is 1. The molecule has 0 aliphatic heterocycles. The molecule has 4 heteroatoms. The highest BCUT2D eigenvalue weighted by molar-refractivity contribution is 5.86. The molecule has 2 heterocycles. The van der Waals surface area contributed by atoms with E-state index in [9.17, 15) is 5.26 Å². The zero-order chi connectivity index (χ0) is 23.9. The molecule has 4 nitrogen and oxygen atoms in total. The molecule has 0 amide bonds. The standard InChI is InChI=1S/C31H30N4/c1-20-13-14-25(21(2)17-20)26-11-3-4-12-27(26)31-28(19-32)35-16-15-23(18-29(35)34-31)30(22-7-5-8-22)33-24-9-6-10-24/h3-4,11-18,24,33H,5-10H2,1-2H3. The number of nitrogens with zero attached hydrogens (tertiary/aromatic N) is 3.